The zero-order valence-electron chi connectivity index (χ0n) is 13.5. The van der Waals surface area contributed by atoms with Crippen molar-refractivity contribution in [2.75, 3.05) is 18.2 Å². The number of carbonyl (C=O) groups excluding carboxylic acids is 1. The maximum atomic E-state index is 12.5. The van der Waals surface area contributed by atoms with Gasteiger partial charge in [-0.3, -0.25) is 0 Å². The number of ether oxygens (including phenoxy) is 1. The number of aromatic nitrogens is 3. The molecule has 126 valence electrons. The first-order valence-electron chi connectivity index (χ1n) is 7.46. The van der Waals surface area contributed by atoms with Crippen molar-refractivity contribution in [3.8, 4) is 0 Å². The minimum atomic E-state index is -0.411. The fraction of sp³-hybridized carbons (Fsp3) is 0.312. The third kappa shape index (κ3) is 3.01. The lowest BCUT2D eigenvalue weighted by Crippen LogP contribution is -2.29. The first-order valence-corrected chi connectivity index (χ1v) is 9.06. The quantitative estimate of drug-likeness (QED) is 0.661. The van der Waals surface area contributed by atoms with E-state index in [1.54, 1.807) is 23.7 Å². The van der Waals surface area contributed by atoms with Gasteiger partial charge in [-0.15, -0.1) is 5.10 Å². The van der Waals surface area contributed by atoms with Gasteiger partial charge in [0.25, 0.3) is 0 Å². The normalized spacial score (nSPS) is 16.6. The topological polar surface area (TPSA) is 69.0 Å². The number of fused-ring (bicyclic) bond motifs is 1. The second-order valence-corrected chi connectivity index (χ2v) is 6.41. The molecule has 1 aromatic carbocycles. The number of halogens is 1. The van der Waals surface area contributed by atoms with Gasteiger partial charge < -0.3 is 10.1 Å². The van der Waals surface area contributed by atoms with Crippen molar-refractivity contribution >= 4 is 35.3 Å². The third-order valence-electron chi connectivity index (χ3n) is 3.70. The van der Waals surface area contributed by atoms with Crippen LogP contribution in [0.3, 0.4) is 0 Å². The monoisotopic (exact) mass is 364 g/mol. The summed E-state index contributed by atoms with van der Waals surface area (Å²) in [5.41, 5.74) is 2.12. The Morgan fingerprint density at radius 3 is 2.75 bits per heavy atom. The molecule has 0 radical (unpaired) electrons. The summed E-state index contributed by atoms with van der Waals surface area (Å²) in [6.45, 7) is 3.93. The molecule has 2 heterocycles. The van der Waals surface area contributed by atoms with Crippen LogP contribution in [0.2, 0.25) is 5.02 Å². The number of anilines is 1. The summed E-state index contributed by atoms with van der Waals surface area (Å²) >= 11 is 7.44. The molecule has 0 spiro atoms. The van der Waals surface area contributed by atoms with Gasteiger partial charge in [0.15, 0.2) is 0 Å². The summed E-state index contributed by atoms with van der Waals surface area (Å²) in [5.74, 6) is 0.235. The molecule has 0 amide bonds. The van der Waals surface area contributed by atoms with E-state index in [0.717, 1.165) is 5.56 Å². The van der Waals surface area contributed by atoms with Crippen molar-refractivity contribution in [2.45, 2.75) is 25.0 Å². The van der Waals surface area contributed by atoms with Crippen LogP contribution in [-0.4, -0.2) is 33.6 Å². The van der Waals surface area contributed by atoms with E-state index in [0.29, 0.717) is 34.0 Å². The summed E-state index contributed by atoms with van der Waals surface area (Å²) in [5, 5.41) is 8.92. The van der Waals surface area contributed by atoms with Crippen LogP contribution in [0.25, 0.3) is 0 Å². The number of hydrogen-bond acceptors (Lipinski definition) is 6. The van der Waals surface area contributed by atoms with Gasteiger partial charge in [0.05, 0.1) is 12.2 Å². The SMILES string of the molecule is CCOC(=O)C1=C(C)Nc2nc(SC)nn2[C@@H]1c1ccc(Cl)cc1. The second-order valence-electron chi connectivity index (χ2n) is 5.20. The summed E-state index contributed by atoms with van der Waals surface area (Å²) in [6, 6.07) is 6.95. The van der Waals surface area contributed by atoms with Crippen molar-refractivity contribution in [1.29, 1.82) is 0 Å². The number of hydrogen-bond donors (Lipinski definition) is 1. The average Bonchev–Trinajstić information content (AvgIpc) is 2.97. The lowest BCUT2D eigenvalue weighted by Gasteiger charge is -2.28. The highest BCUT2D eigenvalue weighted by atomic mass is 35.5. The molecule has 0 saturated carbocycles. The maximum absolute atomic E-state index is 12.5. The number of nitrogens with one attached hydrogen (secondary N) is 1. The lowest BCUT2D eigenvalue weighted by atomic mass is 9.96. The molecule has 1 aliphatic rings. The van der Waals surface area contributed by atoms with Crippen LogP contribution in [0.1, 0.15) is 25.5 Å². The Morgan fingerprint density at radius 1 is 1.42 bits per heavy atom. The summed E-state index contributed by atoms with van der Waals surface area (Å²) in [7, 11) is 0. The van der Waals surface area contributed by atoms with Crippen LogP contribution in [0.5, 0.6) is 0 Å². The molecule has 1 N–H and O–H groups in total. The zero-order valence-corrected chi connectivity index (χ0v) is 15.1. The molecule has 0 saturated heterocycles. The molecule has 0 fully saturated rings. The maximum Gasteiger partial charge on any atom is 0.338 e. The Hall–Kier alpha value is -1.99. The van der Waals surface area contributed by atoms with Crippen LogP contribution in [-0.2, 0) is 9.53 Å². The number of esters is 1. The van der Waals surface area contributed by atoms with Crippen molar-refractivity contribution in [2.24, 2.45) is 0 Å². The minimum Gasteiger partial charge on any atom is -0.463 e. The lowest BCUT2D eigenvalue weighted by molar-refractivity contribution is -0.139. The molecule has 3 rings (SSSR count). The molecule has 6 nitrogen and oxygen atoms in total. The minimum absolute atomic E-state index is 0.309. The molecule has 1 atom stereocenters. The van der Waals surface area contributed by atoms with E-state index in [-0.39, 0.29) is 5.97 Å². The molecule has 8 heteroatoms. The van der Waals surface area contributed by atoms with Crippen molar-refractivity contribution in [1.82, 2.24) is 14.8 Å². The largest absolute Gasteiger partial charge is 0.463 e. The molecule has 2 aromatic rings. The van der Waals surface area contributed by atoms with E-state index in [1.807, 2.05) is 25.3 Å². The molecule has 1 aromatic heterocycles. The van der Waals surface area contributed by atoms with Crippen LogP contribution in [0, 0.1) is 0 Å². The molecule has 0 unspecified atom stereocenters. The van der Waals surface area contributed by atoms with Crippen LogP contribution in [0.4, 0.5) is 5.95 Å². The highest BCUT2D eigenvalue weighted by molar-refractivity contribution is 7.98. The number of rotatable bonds is 4. The fourth-order valence-electron chi connectivity index (χ4n) is 2.64. The predicted octanol–water partition coefficient (Wildman–Crippen LogP) is 3.51. The number of thioether (sulfide) groups is 1. The second kappa shape index (κ2) is 6.86. The van der Waals surface area contributed by atoms with E-state index in [2.05, 4.69) is 15.4 Å². The highest BCUT2D eigenvalue weighted by Crippen LogP contribution is 2.36. The Balaban J connectivity index is 2.15. The Bertz CT molecular complexity index is 801. The van der Waals surface area contributed by atoms with Gasteiger partial charge in [-0.1, -0.05) is 35.5 Å². The van der Waals surface area contributed by atoms with E-state index < -0.39 is 6.04 Å². The highest BCUT2D eigenvalue weighted by Gasteiger charge is 2.34. The molecule has 24 heavy (non-hydrogen) atoms. The Labute approximate surface area is 149 Å². The Kier molecular flexibility index (Phi) is 4.82. The van der Waals surface area contributed by atoms with Crippen LogP contribution in [0.15, 0.2) is 40.7 Å². The number of carbonyl (C=O) groups is 1. The van der Waals surface area contributed by atoms with Crippen LogP contribution >= 0.6 is 23.4 Å². The fourth-order valence-corrected chi connectivity index (χ4v) is 3.12. The first-order chi connectivity index (χ1) is 11.5. The van der Waals surface area contributed by atoms with Gasteiger partial charge in [0.1, 0.15) is 6.04 Å². The molecular formula is C16H17ClN4O2S. The van der Waals surface area contributed by atoms with Crippen molar-refractivity contribution in [3.05, 3.63) is 46.1 Å². The summed E-state index contributed by atoms with van der Waals surface area (Å²) in [4.78, 5) is 17.0. The molecule has 0 aliphatic carbocycles. The van der Waals surface area contributed by atoms with Gasteiger partial charge in [-0.25, -0.2) is 9.48 Å². The van der Waals surface area contributed by atoms with Gasteiger partial charge in [-0.2, -0.15) is 4.98 Å². The zero-order chi connectivity index (χ0) is 17.3. The van der Waals surface area contributed by atoms with Crippen molar-refractivity contribution < 1.29 is 9.53 Å². The van der Waals surface area contributed by atoms with Gasteiger partial charge in [0.2, 0.25) is 11.1 Å². The molecule has 1 aliphatic heterocycles. The first kappa shape index (κ1) is 16.9. The van der Waals surface area contributed by atoms with Gasteiger partial charge >= 0.3 is 5.97 Å². The molecular weight excluding hydrogens is 348 g/mol. The number of benzene rings is 1. The van der Waals surface area contributed by atoms with E-state index in [1.165, 1.54) is 11.8 Å². The van der Waals surface area contributed by atoms with E-state index >= 15 is 0 Å². The van der Waals surface area contributed by atoms with Crippen LogP contribution < -0.4 is 5.32 Å². The third-order valence-corrected chi connectivity index (χ3v) is 4.49. The van der Waals surface area contributed by atoms with Crippen molar-refractivity contribution in [3.63, 3.8) is 0 Å². The molecule has 0 bridgehead atoms. The van der Waals surface area contributed by atoms with Gasteiger partial charge in [0, 0.05) is 10.7 Å². The summed E-state index contributed by atoms with van der Waals surface area (Å²) < 4.78 is 6.96. The average molecular weight is 365 g/mol. The van der Waals surface area contributed by atoms with E-state index in [9.17, 15) is 4.79 Å². The van der Waals surface area contributed by atoms with E-state index in [4.69, 9.17) is 16.3 Å². The summed E-state index contributed by atoms with van der Waals surface area (Å²) in [6.07, 6.45) is 1.91. The predicted molar refractivity (Wildman–Crippen MR) is 94.3 cm³/mol. The standard InChI is InChI=1S/C16H17ClN4O2S/c1-4-23-14(22)12-9(2)18-15-19-16(24-3)20-21(15)13(12)10-5-7-11(17)8-6-10/h5-8,13H,4H2,1-3H3,(H,18,19,20)/t13-/m1/s1. The smallest absolute Gasteiger partial charge is 0.338 e. The Morgan fingerprint density at radius 2 is 2.12 bits per heavy atom. The number of nitrogens with zero attached hydrogens (tertiary/aromatic N) is 3. The van der Waals surface area contributed by atoms with Gasteiger partial charge in [-0.05, 0) is 37.8 Å². The number of allylic oxidation sites excluding steroid dienone is 1.